The average molecular weight is 203 g/mol. The van der Waals surface area contributed by atoms with E-state index < -0.39 is 0 Å². The van der Waals surface area contributed by atoms with E-state index >= 15 is 0 Å². The SMILES string of the molecule is CC(C)C(C)CNc1ccc(C#N)nc1. The summed E-state index contributed by atoms with van der Waals surface area (Å²) < 4.78 is 0. The number of hydrogen-bond acceptors (Lipinski definition) is 3. The molecule has 1 aromatic rings. The van der Waals surface area contributed by atoms with Gasteiger partial charge < -0.3 is 5.32 Å². The Bertz CT molecular complexity index is 335. The number of nitrogens with zero attached hydrogens (tertiary/aromatic N) is 2. The number of pyridine rings is 1. The van der Waals surface area contributed by atoms with E-state index in [0.717, 1.165) is 12.2 Å². The van der Waals surface area contributed by atoms with E-state index in [9.17, 15) is 0 Å². The summed E-state index contributed by atoms with van der Waals surface area (Å²) in [5.41, 5.74) is 1.43. The fourth-order valence-corrected chi connectivity index (χ4v) is 1.08. The zero-order chi connectivity index (χ0) is 11.3. The van der Waals surface area contributed by atoms with Gasteiger partial charge in [-0.15, -0.1) is 0 Å². The number of rotatable bonds is 4. The molecule has 1 unspecified atom stereocenters. The van der Waals surface area contributed by atoms with Crippen molar-refractivity contribution in [3.8, 4) is 6.07 Å². The molecule has 0 aromatic carbocycles. The van der Waals surface area contributed by atoms with Crippen molar-refractivity contribution in [1.29, 1.82) is 5.26 Å². The van der Waals surface area contributed by atoms with Gasteiger partial charge in [0.15, 0.2) is 0 Å². The van der Waals surface area contributed by atoms with E-state index in [0.29, 0.717) is 17.5 Å². The van der Waals surface area contributed by atoms with Gasteiger partial charge in [-0.2, -0.15) is 5.26 Å². The molecule has 1 N–H and O–H groups in total. The third kappa shape index (κ3) is 3.59. The minimum Gasteiger partial charge on any atom is -0.384 e. The summed E-state index contributed by atoms with van der Waals surface area (Å²) in [5.74, 6) is 1.30. The van der Waals surface area contributed by atoms with Gasteiger partial charge in [0.25, 0.3) is 0 Å². The molecule has 3 nitrogen and oxygen atoms in total. The highest BCUT2D eigenvalue weighted by atomic mass is 14.9. The van der Waals surface area contributed by atoms with Crippen LogP contribution in [0.25, 0.3) is 0 Å². The lowest BCUT2D eigenvalue weighted by atomic mass is 9.98. The molecule has 80 valence electrons. The number of nitrogens with one attached hydrogen (secondary N) is 1. The first-order valence-electron chi connectivity index (χ1n) is 5.23. The standard InChI is InChI=1S/C12H17N3/c1-9(2)10(3)7-14-12-5-4-11(6-13)15-8-12/h4-5,8-10,14H,7H2,1-3H3. The summed E-state index contributed by atoms with van der Waals surface area (Å²) >= 11 is 0. The first kappa shape index (κ1) is 11.5. The van der Waals surface area contributed by atoms with E-state index in [1.807, 2.05) is 12.1 Å². The van der Waals surface area contributed by atoms with E-state index in [-0.39, 0.29) is 0 Å². The van der Waals surface area contributed by atoms with E-state index in [4.69, 9.17) is 5.26 Å². The molecule has 3 heteroatoms. The number of nitriles is 1. The second-order valence-electron chi connectivity index (χ2n) is 4.15. The molecule has 0 bridgehead atoms. The highest BCUT2D eigenvalue weighted by Gasteiger charge is 2.06. The molecule has 1 heterocycles. The van der Waals surface area contributed by atoms with Gasteiger partial charge in [-0.05, 0) is 24.0 Å². The molecule has 0 radical (unpaired) electrons. The van der Waals surface area contributed by atoms with Crippen LogP contribution in [0.4, 0.5) is 5.69 Å². The molecule has 15 heavy (non-hydrogen) atoms. The molecular formula is C12H17N3. The molecule has 0 aliphatic heterocycles. The largest absolute Gasteiger partial charge is 0.384 e. The Labute approximate surface area is 91.1 Å². The van der Waals surface area contributed by atoms with Gasteiger partial charge in [0.1, 0.15) is 11.8 Å². The van der Waals surface area contributed by atoms with E-state index in [2.05, 4.69) is 31.1 Å². The minimum absolute atomic E-state index is 0.456. The van der Waals surface area contributed by atoms with Gasteiger partial charge in [0.05, 0.1) is 11.9 Å². The maximum absolute atomic E-state index is 8.59. The lowest BCUT2D eigenvalue weighted by Crippen LogP contribution is -2.16. The van der Waals surface area contributed by atoms with Crippen LogP contribution in [0, 0.1) is 23.2 Å². The van der Waals surface area contributed by atoms with Crippen molar-refractivity contribution in [2.75, 3.05) is 11.9 Å². The predicted octanol–water partition coefficient (Wildman–Crippen LogP) is 2.66. The molecular weight excluding hydrogens is 186 g/mol. The molecule has 0 aliphatic rings. The fourth-order valence-electron chi connectivity index (χ4n) is 1.08. The highest BCUT2D eigenvalue weighted by molar-refractivity contribution is 5.42. The van der Waals surface area contributed by atoms with Crippen LogP contribution >= 0.6 is 0 Å². The Kier molecular flexibility index (Phi) is 4.11. The zero-order valence-corrected chi connectivity index (χ0v) is 9.49. The van der Waals surface area contributed by atoms with Crippen LogP contribution in [-0.2, 0) is 0 Å². The molecule has 1 aromatic heterocycles. The second kappa shape index (κ2) is 5.35. The van der Waals surface area contributed by atoms with Crippen LogP contribution in [0.2, 0.25) is 0 Å². The van der Waals surface area contributed by atoms with Crippen LogP contribution in [0.1, 0.15) is 26.5 Å². The van der Waals surface area contributed by atoms with Crippen LogP contribution in [0.3, 0.4) is 0 Å². The third-order valence-electron chi connectivity index (χ3n) is 2.64. The summed E-state index contributed by atoms with van der Waals surface area (Å²) in [6.45, 7) is 7.58. The van der Waals surface area contributed by atoms with Crippen molar-refractivity contribution >= 4 is 5.69 Å². The van der Waals surface area contributed by atoms with Crippen molar-refractivity contribution in [2.24, 2.45) is 11.8 Å². The van der Waals surface area contributed by atoms with Crippen molar-refractivity contribution in [3.63, 3.8) is 0 Å². The smallest absolute Gasteiger partial charge is 0.140 e. The van der Waals surface area contributed by atoms with Crippen molar-refractivity contribution < 1.29 is 0 Å². The molecule has 0 saturated carbocycles. The van der Waals surface area contributed by atoms with Gasteiger partial charge in [0, 0.05) is 6.54 Å². The zero-order valence-electron chi connectivity index (χ0n) is 9.49. The lowest BCUT2D eigenvalue weighted by molar-refractivity contribution is 0.440. The van der Waals surface area contributed by atoms with Crippen molar-refractivity contribution in [2.45, 2.75) is 20.8 Å². The summed E-state index contributed by atoms with van der Waals surface area (Å²) in [7, 11) is 0. The number of hydrogen-bond donors (Lipinski definition) is 1. The first-order valence-corrected chi connectivity index (χ1v) is 5.23. The molecule has 1 rings (SSSR count). The molecule has 1 atom stereocenters. The summed E-state index contributed by atoms with van der Waals surface area (Å²) in [6.07, 6.45) is 1.70. The Hall–Kier alpha value is -1.56. The quantitative estimate of drug-likeness (QED) is 0.818. The maximum atomic E-state index is 8.59. The van der Waals surface area contributed by atoms with Crippen molar-refractivity contribution in [3.05, 3.63) is 24.0 Å². The van der Waals surface area contributed by atoms with Crippen LogP contribution in [0.5, 0.6) is 0 Å². The van der Waals surface area contributed by atoms with Crippen molar-refractivity contribution in [1.82, 2.24) is 4.98 Å². The summed E-state index contributed by atoms with van der Waals surface area (Å²) in [5, 5.41) is 11.9. The van der Waals surface area contributed by atoms with Gasteiger partial charge in [-0.1, -0.05) is 20.8 Å². The molecule has 0 fully saturated rings. The Balaban J connectivity index is 2.48. The average Bonchev–Trinajstić information content (AvgIpc) is 2.26. The van der Waals surface area contributed by atoms with Crippen LogP contribution in [-0.4, -0.2) is 11.5 Å². The Morgan fingerprint density at radius 2 is 2.13 bits per heavy atom. The Morgan fingerprint density at radius 1 is 1.40 bits per heavy atom. The number of anilines is 1. The summed E-state index contributed by atoms with van der Waals surface area (Å²) in [6, 6.07) is 5.61. The van der Waals surface area contributed by atoms with Gasteiger partial charge in [-0.25, -0.2) is 4.98 Å². The molecule has 0 saturated heterocycles. The Morgan fingerprint density at radius 3 is 2.60 bits per heavy atom. The maximum Gasteiger partial charge on any atom is 0.140 e. The van der Waals surface area contributed by atoms with Gasteiger partial charge in [0.2, 0.25) is 0 Å². The topological polar surface area (TPSA) is 48.7 Å². The van der Waals surface area contributed by atoms with E-state index in [1.165, 1.54) is 0 Å². The normalized spacial score (nSPS) is 12.2. The molecule has 0 aliphatic carbocycles. The minimum atomic E-state index is 0.456. The van der Waals surface area contributed by atoms with Crippen LogP contribution in [0.15, 0.2) is 18.3 Å². The molecule has 0 amide bonds. The fraction of sp³-hybridized carbons (Fsp3) is 0.500. The first-order chi connectivity index (χ1) is 7.13. The molecule has 0 spiro atoms. The second-order valence-corrected chi connectivity index (χ2v) is 4.15. The third-order valence-corrected chi connectivity index (χ3v) is 2.64. The lowest BCUT2D eigenvalue weighted by Gasteiger charge is -2.16. The van der Waals surface area contributed by atoms with Gasteiger partial charge >= 0.3 is 0 Å². The van der Waals surface area contributed by atoms with Crippen LogP contribution < -0.4 is 5.32 Å². The highest BCUT2D eigenvalue weighted by Crippen LogP contribution is 2.12. The monoisotopic (exact) mass is 203 g/mol. The van der Waals surface area contributed by atoms with Gasteiger partial charge in [-0.3, -0.25) is 0 Å². The summed E-state index contributed by atoms with van der Waals surface area (Å²) in [4.78, 5) is 4.00. The predicted molar refractivity (Wildman–Crippen MR) is 61.4 cm³/mol. The number of aromatic nitrogens is 1. The van der Waals surface area contributed by atoms with E-state index in [1.54, 1.807) is 12.3 Å².